The highest BCUT2D eigenvalue weighted by Crippen LogP contribution is 2.31. The zero-order valence-electron chi connectivity index (χ0n) is 22.4. The van der Waals surface area contributed by atoms with Crippen LogP contribution < -0.4 is 16.4 Å². The van der Waals surface area contributed by atoms with E-state index in [0.29, 0.717) is 23.4 Å². The van der Waals surface area contributed by atoms with E-state index in [-0.39, 0.29) is 18.4 Å². The molecule has 2 aromatic carbocycles. The average molecular weight is 552 g/mol. The molecule has 0 spiro atoms. The standard InChI is InChI=1S/C29H32F3N7O/c1-3-18-13-19(14-20-16-34-28(37-27(18)20)35-23-10-8-22(33)9-11-23)24-15-25(38-39(24)2)36-26(40)12-17-4-6-21(7-5-17)29(30,31)32/h4-7,13-16,22-23H,3,8-12,33H2,1-2H3,(H,34,35,37)(H,36,38,40)/t22-,23-. The summed E-state index contributed by atoms with van der Waals surface area (Å²) in [5, 5.41) is 11.5. The minimum absolute atomic E-state index is 0.0681. The van der Waals surface area contributed by atoms with Crippen molar-refractivity contribution in [3.63, 3.8) is 0 Å². The Morgan fingerprint density at radius 2 is 1.82 bits per heavy atom. The number of rotatable bonds is 7. The van der Waals surface area contributed by atoms with Crippen molar-refractivity contribution in [2.75, 3.05) is 10.6 Å². The number of amides is 1. The maximum absolute atomic E-state index is 12.8. The monoisotopic (exact) mass is 551 g/mol. The first-order chi connectivity index (χ1) is 19.1. The minimum atomic E-state index is -4.42. The molecule has 210 valence electrons. The Hall–Kier alpha value is -3.99. The fraction of sp³-hybridized carbons (Fsp3) is 0.379. The molecule has 11 heteroatoms. The first-order valence-electron chi connectivity index (χ1n) is 13.4. The lowest BCUT2D eigenvalue weighted by Gasteiger charge is -2.26. The summed E-state index contributed by atoms with van der Waals surface area (Å²) >= 11 is 0. The van der Waals surface area contributed by atoms with Crippen molar-refractivity contribution in [1.29, 1.82) is 0 Å². The summed E-state index contributed by atoms with van der Waals surface area (Å²) in [7, 11) is 1.79. The highest BCUT2D eigenvalue weighted by Gasteiger charge is 2.30. The number of carbonyl (C=O) groups excluding carboxylic acids is 1. The second-order valence-corrected chi connectivity index (χ2v) is 10.3. The van der Waals surface area contributed by atoms with E-state index in [1.54, 1.807) is 17.8 Å². The predicted molar refractivity (Wildman–Crippen MR) is 149 cm³/mol. The number of benzene rings is 2. The Balaban J connectivity index is 1.31. The number of alkyl halides is 3. The van der Waals surface area contributed by atoms with Gasteiger partial charge >= 0.3 is 6.18 Å². The van der Waals surface area contributed by atoms with Gasteiger partial charge in [-0.15, -0.1) is 0 Å². The van der Waals surface area contributed by atoms with E-state index in [4.69, 9.17) is 10.7 Å². The van der Waals surface area contributed by atoms with Crippen molar-refractivity contribution in [2.24, 2.45) is 12.8 Å². The summed E-state index contributed by atoms with van der Waals surface area (Å²) in [6.45, 7) is 2.08. The average Bonchev–Trinajstić information content (AvgIpc) is 3.28. The van der Waals surface area contributed by atoms with Gasteiger partial charge in [0.05, 0.1) is 23.2 Å². The smallest absolute Gasteiger partial charge is 0.351 e. The molecule has 1 amide bonds. The summed E-state index contributed by atoms with van der Waals surface area (Å²) in [5.41, 5.74) is 9.42. The van der Waals surface area contributed by atoms with Gasteiger partial charge in [-0.05, 0) is 67.5 Å². The van der Waals surface area contributed by atoms with Gasteiger partial charge in [0.1, 0.15) is 0 Å². The lowest BCUT2D eigenvalue weighted by Crippen LogP contribution is -2.33. The highest BCUT2D eigenvalue weighted by atomic mass is 19.4. The van der Waals surface area contributed by atoms with Crippen LogP contribution >= 0.6 is 0 Å². The second kappa shape index (κ2) is 11.2. The van der Waals surface area contributed by atoms with E-state index < -0.39 is 11.7 Å². The van der Waals surface area contributed by atoms with Crippen molar-refractivity contribution < 1.29 is 18.0 Å². The lowest BCUT2D eigenvalue weighted by atomic mass is 9.92. The van der Waals surface area contributed by atoms with Gasteiger partial charge in [-0.25, -0.2) is 9.97 Å². The number of hydrogen-bond acceptors (Lipinski definition) is 6. The topological polar surface area (TPSA) is 111 Å². The number of carbonyl (C=O) groups is 1. The molecular weight excluding hydrogens is 519 g/mol. The molecule has 2 aromatic heterocycles. The van der Waals surface area contributed by atoms with Gasteiger partial charge in [-0.2, -0.15) is 18.3 Å². The molecule has 1 saturated carbocycles. The molecule has 0 saturated heterocycles. The Morgan fingerprint density at radius 1 is 1.10 bits per heavy atom. The maximum Gasteiger partial charge on any atom is 0.416 e. The van der Waals surface area contributed by atoms with Gasteiger partial charge in [0.2, 0.25) is 11.9 Å². The zero-order chi connectivity index (χ0) is 28.4. The molecule has 0 unspecified atom stereocenters. The summed E-state index contributed by atoms with van der Waals surface area (Å²) in [6, 6.07) is 11.0. The highest BCUT2D eigenvalue weighted by molar-refractivity contribution is 5.92. The zero-order valence-corrected chi connectivity index (χ0v) is 22.4. The molecule has 0 radical (unpaired) electrons. The number of aryl methyl sites for hydroxylation is 2. The van der Waals surface area contributed by atoms with Crippen LogP contribution in [0.3, 0.4) is 0 Å². The van der Waals surface area contributed by atoms with Crippen LogP contribution in [0.1, 0.15) is 49.3 Å². The number of nitrogens with zero attached hydrogens (tertiary/aromatic N) is 4. The molecule has 4 N–H and O–H groups in total. The lowest BCUT2D eigenvalue weighted by molar-refractivity contribution is -0.137. The summed E-state index contributed by atoms with van der Waals surface area (Å²) < 4.78 is 40.1. The third-order valence-corrected chi connectivity index (χ3v) is 7.34. The Kier molecular flexibility index (Phi) is 7.75. The van der Waals surface area contributed by atoms with Gasteiger partial charge in [-0.1, -0.05) is 19.1 Å². The molecular formula is C29H32F3N7O. The maximum atomic E-state index is 12.8. The van der Waals surface area contributed by atoms with Crippen molar-refractivity contribution in [3.8, 4) is 11.3 Å². The van der Waals surface area contributed by atoms with Crippen LogP contribution in [-0.2, 0) is 30.9 Å². The van der Waals surface area contributed by atoms with Crippen LogP contribution in [0.25, 0.3) is 22.2 Å². The van der Waals surface area contributed by atoms with E-state index >= 15 is 0 Å². The molecule has 0 atom stereocenters. The number of hydrogen-bond donors (Lipinski definition) is 3. The largest absolute Gasteiger partial charge is 0.416 e. The second-order valence-electron chi connectivity index (χ2n) is 10.3. The molecule has 5 rings (SSSR count). The molecule has 0 bridgehead atoms. The minimum Gasteiger partial charge on any atom is -0.351 e. The van der Waals surface area contributed by atoms with Crippen molar-refractivity contribution in [2.45, 2.75) is 63.7 Å². The molecule has 0 aliphatic heterocycles. The van der Waals surface area contributed by atoms with Crippen LogP contribution in [0.2, 0.25) is 0 Å². The predicted octanol–water partition coefficient (Wildman–Crippen LogP) is 5.47. The van der Waals surface area contributed by atoms with Gasteiger partial charge in [0.25, 0.3) is 0 Å². The summed E-state index contributed by atoms with van der Waals surface area (Å²) in [6.07, 6.45) is 2.12. The number of halogens is 3. The number of fused-ring (bicyclic) bond motifs is 1. The van der Waals surface area contributed by atoms with Gasteiger partial charge in [0.15, 0.2) is 5.82 Å². The SMILES string of the molecule is CCc1cc(-c2cc(NC(=O)Cc3ccc(C(F)(F)F)cc3)nn2C)cc2cnc(N[C@H]3CC[C@H](N)CC3)nc12. The normalized spacial score (nSPS) is 17.6. The molecule has 40 heavy (non-hydrogen) atoms. The van der Waals surface area contributed by atoms with E-state index in [0.717, 1.165) is 72.0 Å². The third-order valence-electron chi connectivity index (χ3n) is 7.34. The van der Waals surface area contributed by atoms with Gasteiger partial charge in [-0.3, -0.25) is 9.48 Å². The van der Waals surface area contributed by atoms with E-state index in [1.807, 2.05) is 12.3 Å². The fourth-order valence-corrected chi connectivity index (χ4v) is 5.13. The van der Waals surface area contributed by atoms with E-state index in [1.165, 1.54) is 12.1 Å². The van der Waals surface area contributed by atoms with Crippen LogP contribution in [0, 0.1) is 0 Å². The van der Waals surface area contributed by atoms with Crippen molar-refractivity contribution >= 4 is 28.6 Å². The van der Waals surface area contributed by atoms with Gasteiger partial charge in [0, 0.05) is 42.3 Å². The van der Waals surface area contributed by atoms with E-state index in [2.05, 4.69) is 33.7 Å². The Morgan fingerprint density at radius 3 is 2.50 bits per heavy atom. The Labute approximate surface area is 230 Å². The van der Waals surface area contributed by atoms with Crippen LogP contribution in [0.15, 0.2) is 48.7 Å². The summed E-state index contributed by atoms with van der Waals surface area (Å²) in [5.74, 6) is 0.607. The van der Waals surface area contributed by atoms with Crippen LogP contribution in [-0.4, -0.2) is 37.7 Å². The number of anilines is 2. The quantitative estimate of drug-likeness (QED) is 0.281. The molecule has 1 aliphatic carbocycles. The molecule has 8 nitrogen and oxygen atoms in total. The van der Waals surface area contributed by atoms with E-state index in [9.17, 15) is 18.0 Å². The molecule has 4 aromatic rings. The van der Waals surface area contributed by atoms with Crippen LogP contribution in [0.4, 0.5) is 24.9 Å². The first kappa shape index (κ1) is 27.6. The number of nitrogens with one attached hydrogen (secondary N) is 2. The Bertz CT molecular complexity index is 1510. The summed E-state index contributed by atoms with van der Waals surface area (Å²) in [4.78, 5) is 22.0. The molecule has 1 fully saturated rings. The van der Waals surface area contributed by atoms with Crippen molar-refractivity contribution in [1.82, 2.24) is 19.7 Å². The molecule has 1 aliphatic rings. The van der Waals surface area contributed by atoms with Crippen LogP contribution in [0.5, 0.6) is 0 Å². The number of aromatic nitrogens is 4. The van der Waals surface area contributed by atoms with Gasteiger partial charge < -0.3 is 16.4 Å². The first-order valence-corrected chi connectivity index (χ1v) is 13.4. The number of nitrogens with two attached hydrogens (primary N) is 1. The molecule has 2 heterocycles. The third kappa shape index (κ3) is 6.25. The fourth-order valence-electron chi connectivity index (χ4n) is 5.13. The van der Waals surface area contributed by atoms with Crippen molar-refractivity contribution in [3.05, 3.63) is 65.4 Å².